The Labute approximate surface area is 109 Å². The normalized spacial score (nSPS) is 9.95. The van der Waals surface area contributed by atoms with Gasteiger partial charge in [0, 0.05) is 13.2 Å². The van der Waals surface area contributed by atoms with E-state index in [2.05, 4.69) is 32.1 Å². The molecule has 3 aromatic heterocycles. The summed E-state index contributed by atoms with van der Waals surface area (Å²) in [5.74, 6) is 6.08. The average Bonchev–Trinajstić information content (AvgIpc) is 2.88. The molecular weight excluding hydrogens is 240 g/mol. The van der Waals surface area contributed by atoms with Crippen molar-refractivity contribution in [1.82, 2.24) is 15.0 Å². The Morgan fingerprint density at radius 1 is 1.16 bits per heavy atom. The summed E-state index contributed by atoms with van der Waals surface area (Å²) >= 11 is 0. The zero-order valence-electron chi connectivity index (χ0n) is 10.2. The van der Waals surface area contributed by atoms with Gasteiger partial charge in [0.1, 0.15) is 11.2 Å². The van der Waals surface area contributed by atoms with Crippen LogP contribution in [0.15, 0.2) is 41.1 Å². The second-order valence-electron chi connectivity index (χ2n) is 3.78. The number of hydrogen-bond donors (Lipinski definition) is 1. The maximum Gasteiger partial charge on any atom is 0.276 e. The molecular formula is C14H10N4O. The highest BCUT2D eigenvalue weighted by molar-refractivity contribution is 5.68. The van der Waals surface area contributed by atoms with Crippen molar-refractivity contribution in [3.05, 3.63) is 48.2 Å². The number of anilines is 1. The summed E-state index contributed by atoms with van der Waals surface area (Å²) < 4.78 is 5.40. The Hall–Kier alpha value is -2.87. The molecule has 0 fully saturated rings. The summed E-state index contributed by atoms with van der Waals surface area (Å²) in [6.45, 7) is 0. The zero-order chi connectivity index (χ0) is 13.1. The minimum atomic E-state index is 0.341. The maximum absolute atomic E-state index is 5.40. The number of oxazole rings is 1. The number of aromatic nitrogens is 3. The van der Waals surface area contributed by atoms with Crippen LogP contribution in [0.5, 0.6) is 0 Å². The highest BCUT2D eigenvalue weighted by Crippen LogP contribution is 2.11. The molecule has 3 heterocycles. The molecule has 0 aliphatic carbocycles. The first kappa shape index (κ1) is 11.2. The SMILES string of the molecule is CNc1ccc(C#Cc2nc3cccnc3o2)nc1. The molecule has 92 valence electrons. The van der Waals surface area contributed by atoms with Crippen LogP contribution in [0, 0.1) is 11.8 Å². The van der Waals surface area contributed by atoms with E-state index in [1.165, 1.54) is 0 Å². The molecule has 5 nitrogen and oxygen atoms in total. The number of nitrogens with zero attached hydrogens (tertiary/aromatic N) is 3. The molecule has 0 atom stereocenters. The molecule has 0 saturated carbocycles. The van der Waals surface area contributed by atoms with E-state index in [0.29, 0.717) is 22.8 Å². The van der Waals surface area contributed by atoms with Gasteiger partial charge < -0.3 is 9.73 Å². The first-order chi connectivity index (χ1) is 9.35. The third kappa shape index (κ3) is 2.38. The quantitative estimate of drug-likeness (QED) is 0.670. The van der Waals surface area contributed by atoms with Crippen LogP contribution in [0.25, 0.3) is 11.2 Å². The van der Waals surface area contributed by atoms with Crippen molar-refractivity contribution in [3.8, 4) is 11.8 Å². The molecule has 19 heavy (non-hydrogen) atoms. The van der Waals surface area contributed by atoms with Gasteiger partial charge in [-0.3, -0.25) is 0 Å². The minimum Gasteiger partial charge on any atom is -0.411 e. The first-order valence-electron chi connectivity index (χ1n) is 5.72. The number of hydrogen-bond acceptors (Lipinski definition) is 5. The monoisotopic (exact) mass is 250 g/mol. The van der Waals surface area contributed by atoms with Crippen LogP contribution in [0.2, 0.25) is 0 Å². The van der Waals surface area contributed by atoms with E-state index in [1.54, 1.807) is 18.5 Å². The van der Waals surface area contributed by atoms with Crippen LogP contribution < -0.4 is 5.32 Å². The Kier molecular flexibility index (Phi) is 2.83. The lowest BCUT2D eigenvalue weighted by Crippen LogP contribution is -1.89. The smallest absolute Gasteiger partial charge is 0.276 e. The van der Waals surface area contributed by atoms with Gasteiger partial charge in [-0.25, -0.2) is 9.97 Å². The van der Waals surface area contributed by atoms with Crippen LogP contribution >= 0.6 is 0 Å². The molecule has 0 aliphatic rings. The lowest BCUT2D eigenvalue weighted by molar-refractivity contribution is 0.575. The molecule has 5 heteroatoms. The van der Waals surface area contributed by atoms with Crippen LogP contribution in [-0.2, 0) is 0 Å². The van der Waals surface area contributed by atoms with Gasteiger partial charge in [0.15, 0.2) is 0 Å². The largest absolute Gasteiger partial charge is 0.411 e. The zero-order valence-corrected chi connectivity index (χ0v) is 10.2. The molecule has 0 amide bonds. The van der Waals surface area contributed by atoms with Crippen molar-refractivity contribution >= 4 is 16.9 Å². The van der Waals surface area contributed by atoms with Crippen molar-refractivity contribution < 1.29 is 4.42 Å². The van der Waals surface area contributed by atoms with Crippen molar-refractivity contribution in [3.63, 3.8) is 0 Å². The molecule has 0 aromatic carbocycles. The third-order valence-electron chi connectivity index (χ3n) is 2.52. The van der Waals surface area contributed by atoms with E-state index < -0.39 is 0 Å². The molecule has 1 N–H and O–H groups in total. The summed E-state index contributed by atoms with van der Waals surface area (Å²) in [6.07, 6.45) is 3.38. The number of nitrogens with one attached hydrogen (secondary N) is 1. The lowest BCUT2D eigenvalue weighted by Gasteiger charge is -1.96. The fraction of sp³-hybridized carbons (Fsp3) is 0.0714. The molecule has 0 saturated heterocycles. The molecule has 0 radical (unpaired) electrons. The van der Waals surface area contributed by atoms with Crippen molar-refractivity contribution in [2.45, 2.75) is 0 Å². The van der Waals surface area contributed by atoms with E-state index in [1.807, 2.05) is 25.2 Å². The van der Waals surface area contributed by atoms with E-state index >= 15 is 0 Å². The standard InChI is InChI=1S/C14H10N4O/c1-15-11-5-4-10(17-9-11)6-7-13-18-12-3-2-8-16-14(12)19-13/h2-5,8-9,15H,1H3. The summed E-state index contributed by atoms with van der Waals surface area (Å²) in [5.41, 5.74) is 2.79. The van der Waals surface area contributed by atoms with Gasteiger partial charge >= 0.3 is 0 Å². The van der Waals surface area contributed by atoms with Gasteiger partial charge in [0.05, 0.1) is 11.9 Å². The highest BCUT2D eigenvalue weighted by atomic mass is 16.4. The molecule has 3 aromatic rings. The minimum absolute atomic E-state index is 0.341. The van der Waals surface area contributed by atoms with Crippen LogP contribution in [0.3, 0.4) is 0 Å². The van der Waals surface area contributed by atoms with Gasteiger partial charge in [-0.15, -0.1) is 0 Å². The topological polar surface area (TPSA) is 63.8 Å². The van der Waals surface area contributed by atoms with Gasteiger partial charge in [-0.05, 0) is 36.1 Å². The Bertz CT molecular complexity index is 732. The number of fused-ring (bicyclic) bond motifs is 1. The second kappa shape index (κ2) is 4.78. The van der Waals surface area contributed by atoms with Gasteiger partial charge in [-0.2, -0.15) is 4.98 Å². The molecule has 0 unspecified atom stereocenters. The molecule has 0 spiro atoms. The Morgan fingerprint density at radius 2 is 2.11 bits per heavy atom. The summed E-state index contributed by atoms with van der Waals surface area (Å²) in [5, 5.41) is 3.00. The predicted molar refractivity (Wildman–Crippen MR) is 71.6 cm³/mol. The van der Waals surface area contributed by atoms with Crippen molar-refractivity contribution in [2.24, 2.45) is 0 Å². The maximum atomic E-state index is 5.40. The van der Waals surface area contributed by atoms with Crippen molar-refractivity contribution in [2.75, 3.05) is 12.4 Å². The number of pyridine rings is 2. The summed E-state index contributed by atoms with van der Waals surface area (Å²) in [4.78, 5) is 12.5. The van der Waals surface area contributed by atoms with Gasteiger partial charge in [0.25, 0.3) is 5.89 Å². The first-order valence-corrected chi connectivity index (χ1v) is 5.72. The molecule has 3 rings (SSSR count). The van der Waals surface area contributed by atoms with Gasteiger partial charge in [0.2, 0.25) is 5.71 Å². The van der Waals surface area contributed by atoms with Crippen LogP contribution in [0.4, 0.5) is 5.69 Å². The Balaban J connectivity index is 1.89. The highest BCUT2D eigenvalue weighted by Gasteiger charge is 2.02. The van der Waals surface area contributed by atoms with E-state index in [4.69, 9.17) is 4.42 Å². The van der Waals surface area contributed by atoms with E-state index in [-0.39, 0.29) is 0 Å². The fourth-order valence-corrected chi connectivity index (χ4v) is 1.56. The fourth-order valence-electron chi connectivity index (χ4n) is 1.56. The van der Waals surface area contributed by atoms with E-state index in [0.717, 1.165) is 5.69 Å². The summed E-state index contributed by atoms with van der Waals surface area (Å²) in [7, 11) is 1.84. The Morgan fingerprint density at radius 3 is 2.84 bits per heavy atom. The van der Waals surface area contributed by atoms with Crippen LogP contribution in [0.1, 0.15) is 11.6 Å². The molecule has 0 bridgehead atoms. The van der Waals surface area contributed by atoms with Crippen LogP contribution in [-0.4, -0.2) is 22.0 Å². The van der Waals surface area contributed by atoms with E-state index in [9.17, 15) is 0 Å². The third-order valence-corrected chi connectivity index (χ3v) is 2.52. The lowest BCUT2D eigenvalue weighted by atomic mass is 10.3. The molecule has 0 aliphatic heterocycles. The average molecular weight is 250 g/mol. The second-order valence-corrected chi connectivity index (χ2v) is 3.78. The predicted octanol–water partition coefficient (Wildman–Crippen LogP) is 2.06. The number of rotatable bonds is 1. The van der Waals surface area contributed by atoms with Crippen molar-refractivity contribution in [1.29, 1.82) is 0 Å². The summed E-state index contributed by atoms with van der Waals surface area (Å²) in [6, 6.07) is 7.38. The van der Waals surface area contributed by atoms with Gasteiger partial charge in [-0.1, -0.05) is 0 Å².